The molecule has 0 unspecified atom stereocenters. The van der Waals surface area contributed by atoms with E-state index >= 15 is 0 Å². The Kier molecular flexibility index (Phi) is 19.9. The summed E-state index contributed by atoms with van der Waals surface area (Å²) in [5.41, 5.74) is 34.9. The molecular weight excluding hydrogens is 1530 g/mol. The second-order valence-electron chi connectivity index (χ2n) is 31.9. The van der Waals surface area contributed by atoms with Gasteiger partial charge >= 0.3 is 0 Å². The standard InChI is InChI=1S/C64H43N3.C56H37N3/c1-6-18-44(19-7-1)46-30-34-48(35-31-46)57-42-59-58(43-60(65-62(59)56-29-17-16-28-55(56)57)50-36-32-47(33-37-50)45-20-8-2-9-21-45)49-38-40-54(41-39-49)67-63(52-24-12-4-13-25-52)61(51-22-10-3-11-23-51)66-64(67)53-26-14-5-15-27-53;1-5-15-38(16-6-1)40-25-29-42(30-26-40)49-36-51-50(45-33-34-54-53(35-45)58-56(44-19-9-3-10-20-44)59(54)46-21-11-4-12-22-46)37-52(57-55(51)48-24-14-13-23-47(48)49)43-31-27-41(28-32-43)39-17-7-2-8-18-39/h1-43H;1-37H. The van der Waals surface area contributed by atoms with E-state index in [0.717, 1.165) is 151 Å². The molecule has 0 aliphatic rings. The van der Waals surface area contributed by atoms with Gasteiger partial charge in [0, 0.05) is 66.3 Å². The van der Waals surface area contributed by atoms with Crippen molar-refractivity contribution in [1.82, 2.24) is 29.1 Å². The molecule has 0 amide bonds. The maximum Gasteiger partial charge on any atom is 0.145 e. The third-order valence-corrected chi connectivity index (χ3v) is 24.3. The summed E-state index contributed by atoms with van der Waals surface area (Å²) in [6.07, 6.45) is 0. The second kappa shape index (κ2) is 33.3. The molecule has 0 radical (unpaired) electrons. The van der Waals surface area contributed by atoms with Crippen molar-refractivity contribution in [3.63, 3.8) is 0 Å². The predicted octanol–water partition coefficient (Wildman–Crippen LogP) is 31.6. The van der Waals surface area contributed by atoms with Crippen LogP contribution in [0.1, 0.15) is 0 Å². The van der Waals surface area contributed by atoms with Crippen molar-refractivity contribution in [2.75, 3.05) is 0 Å². The molecule has 4 heterocycles. The van der Waals surface area contributed by atoms with Gasteiger partial charge < -0.3 is 0 Å². The molecule has 0 saturated carbocycles. The van der Waals surface area contributed by atoms with Crippen molar-refractivity contribution >= 4 is 54.4 Å². The summed E-state index contributed by atoms with van der Waals surface area (Å²) in [5, 5.41) is 6.78. The monoisotopic (exact) mass is 1600 g/mol. The molecule has 0 fully saturated rings. The quantitative estimate of drug-likeness (QED) is 0.0905. The molecule has 0 spiro atoms. The number of fused-ring (bicyclic) bond motifs is 7. The van der Waals surface area contributed by atoms with Crippen molar-refractivity contribution in [3.05, 3.63) is 485 Å². The Bertz CT molecular complexity index is 7870. The van der Waals surface area contributed by atoms with Gasteiger partial charge in [-0.2, -0.15) is 0 Å². The molecule has 126 heavy (non-hydrogen) atoms. The lowest BCUT2D eigenvalue weighted by molar-refractivity contribution is 1.07. The van der Waals surface area contributed by atoms with E-state index in [0.29, 0.717) is 0 Å². The summed E-state index contributed by atoms with van der Waals surface area (Å²) < 4.78 is 4.59. The highest BCUT2D eigenvalue weighted by Gasteiger charge is 2.26. The van der Waals surface area contributed by atoms with E-state index in [1.807, 2.05) is 6.07 Å². The first-order chi connectivity index (χ1) is 62.5. The van der Waals surface area contributed by atoms with Gasteiger partial charge in [-0.1, -0.05) is 425 Å². The molecule has 19 aromatic carbocycles. The number of hydrogen-bond donors (Lipinski definition) is 0. The lowest BCUT2D eigenvalue weighted by atomic mass is 9.90. The molecule has 0 aliphatic carbocycles. The van der Waals surface area contributed by atoms with Gasteiger partial charge in [0.05, 0.1) is 44.8 Å². The first-order valence-corrected chi connectivity index (χ1v) is 42.9. The van der Waals surface area contributed by atoms with E-state index in [2.05, 4.69) is 488 Å². The van der Waals surface area contributed by atoms with Gasteiger partial charge in [-0.05, 0) is 160 Å². The molecule has 590 valence electrons. The number of aromatic nitrogens is 6. The minimum atomic E-state index is 0.885. The van der Waals surface area contributed by atoms with E-state index in [1.54, 1.807) is 0 Å². The zero-order valence-corrected chi connectivity index (χ0v) is 68.9. The van der Waals surface area contributed by atoms with Crippen LogP contribution in [0.2, 0.25) is 0 Å². The van der Waals surface area contributed by atoms with Gasteiger partial charge in [-0.3, -0.25) is 9.13 Å². The molecule has 0 N–H and O–H groups in total. The Morgan fingerprint density at radius 2 is 0.437 bits per heavy atom. The summed E-state index contributed by atoms with van der Waals surface area (Å²) in [6.45, 7) is 0. The van der Waals surface area contributed by atoms with Crippen LogP contribution < -0.4 is 0 Å². The minimum absolute atomic E-state index is 0.885. The molecule has 4 aromatic heterocycles. The van der Waals surface area contributed by atoms with Crippen molar-refractivity contribution < 1.29 is 0 Å². The molecule has 0 atom stereocenters. The summed E-state index contributed by atoms with van der Waals surface area (Å²) in [6, 6.07) is 173. The van der Waals surface area contributed by atoms with Crippen LogP contribution in [0, 0.1) is 0 Å². The highest BCUT2D eigenvalue weighted by Crippen LogP contribution is 2.47. The van der Waals surface area contributed by atoms with E-state index < -0.39 is 0 Å². The number of benzene rings is 19. The average Bonchev–Trinajstić information content (AvgIpc) is 0.878. The smallest absolute Gasteiger partial charge is 0.145 e. The molecule has 6 nitrogen and oxygen atoms in total. The van der Waals surface area contributed by atoms with E-state index in [4.69, 9.17) is 19.9 Å². The molecule has 0 bridgehead atoms. The van der Waals surface area contributed by atoms with Gasteiger partial charge in [-0.25, -0.2) is 19.9 Å². The molecule has 23 rings (SSSR count). The van der Waals surface area contributed by atoms with Gasteiger partial charge in [0.25, 0.3) is 0 Å². The molecular formula is C120H80N6. The van der Waals surface area contributed by atoms with Crippen LogP contribution in [0.3, 0.4) is 0 Å². The second-order valence-corrected chi connectivity index (χ2v) is 31.9. The zero-order chi connectivity index (χ0) is 83.6. The first kappa shape index (κ1) is 75.4. The number of imidazole rings is 2. The van der Waals surface area contributed by atoms with Gasteiger partial charge in [0.2, 0.25) is 0 Å². The largest absolute Gasteiger partial charge is 0.292 e. The Labute approximate surface area is 732 Å². The first-order valence-electron chi connectivity index (χ1n) is 42.9. The topological polar surface area (TPSA) is 61.4 Å². The third kappa shape index (κ3) is 14.6. The number of hydrogen-bond acceptors (Lipinski definition) is 4. The highest BCUT2D eigenvalue weighted by atomic mass is 15.1. The van der Waals surface area contributed by atoms with Crippen LogP contribution in [-0.2, 0) is 0 Å². The molecule has 6 heteroatoms. The summed E-state index contributed by atoms with van der Waals surface area (Å²) >= 11 is 0. The average molecular weight is 1610 g/mol. The normalized spacial score (nSPS) is 11.3. The van der Waals surface area contributed by atoms with E-state index in [9.17, 15) is 0 Å². The van der Waals surface area contributed by atoms with Gasteiger partial charge in [0.1, 0.15) is 11.6 Å². The van der Waals surface area contributed by atoms with Crippen molar-refractivity contribution in [2.45, 2.75) is 0 Å². The number of para-hydroxylation sites is 1. The molecule has 0 saturated heterocycles. The number of nitrogens with zero attached hydrogens (tertiary/aromatic N) is 6. The van der Waals surface area contributed by atoms with Crippen LogP contribution in [0.25, 0.3) is 223 Å². The Morgan fingerprint density at radius 3 is 0.833 bits per heavy atom. The van der Waals surface area contributed by atoms with Crippen LogP contribution in [-0.4, -0.2) is 29.1 Å². The fourth-order valence-corrected chi connectivity index (χ4v) is 18.0. The molecule has 0 aliphatic heterocycles. The van der Waals surface area contributed by atoms with Crippen molar-refractivity contribution in [2.24, 2.45) is 0 Å². The summed E-state index contributed by atoms with van der Waals surface area (Å²) in [4.78, 5) is 21.8. The third-order valence-electron chi connectivity index (χ3n) is 24.3. The highest BCUT2D eigenvalue weighted by molar-refractivity contribution is 6.18. The fourth-order valence-electron chi connectivity index (χ4n) is 18.0. The van der Waals surface area contributed by atoms with Crippen molar-refractivity contribution in [3.8, 4) is 168 Å². The van der Waals surface area contributed by atoms with Gasteiger partial charge in [-0.15, -0.1) is 0 Å². The zero-order valence-electron chi connectivity index (χ0n) is 68.9. The maximum atomic E-state index is 5.53. The summed E-state index contributed by atoms with van der Waals surface area (Å²) in [5.74, 6) is 1.80. The molecule has 23 aromatic rings. The number of pyridine rings is 2. The van der Waals surface area contributed by atoms with Crippen LogP contribution in [0.15, 0.2) is 485 Å². The van der Waals surface area contributed by atoms with Crippen LogP contribution in [0.4, 0.5) is 0 Å². The Hall–Kier alpha value is -16.8. The Morgan fingerprint density at radius 1 is 0.159 bits per heavy atom. The maximum absolute atomic E-state index is 5.53. The predicted molar refractivity (Wildman–Crippen MR) is 526 cm³/mol. The lowest BCUT2D eigenvalue weighted by Gasteiger charge is -2.17. The van der Waals surface area contributed by atoms with Crippen LogP contribution >= 0.6 is 0 Å². The van der Waals surface area contributed by atoms with E-state index in [-0.39, 0.29) is 0 Å². The van der Waals surface area contributed by atoms with Crippen molar-refractivity contribution in [1.29, 1.82) is 0 Å². The van der Waals surface area contributed by atoms with E-state index in [1.165, 1.54) is 72.0 Å². The van der Waals surface area contributed by atoms with Crippen LogP contribution in [0.5, 0.6) is 0 Å². The minimum Gasteiger partial charge on any atom is -0.292 e. The summed E-state index contributed by atoms with van der Waals surface area (Å²) in [7, 11) is 0. The van der Waals surface area contributed by atoms with Gasteiger partial charge in [0.15, 0.2) is 0 Å². The lowest BCUT2D eigenvalue weighted by Crippen LogP contribution is -2.00. The number of rotatable bonds is 16. The fraction of sp³-hybridized carbons (Fsp3) is 0. The SMILES string of the molecule is c1ccc(-c2ccc(-c3cc(-c4ccc(-n5c(-c6ccccc6)nc(-c6ccccc6)c5-c5ccccc5)cc4)c4cc(-c5ccc(-c6ccccc6)cc5)c5ccccc5c4n3)cc2)cc1.c1ccc(-c2ccc(-c3cc(-c4ccc5c(c4)nc(-c4ccccc4)n5-c4ccccc4)c4cc(-c5ccc(-c6ccccc6)cc5)c5ccccc5c4n3)cc2)cc1. The Balaban J connectivity index is 0.000000150.